The number of carbonyl (C=O) groups excluding carboxylic acids is 2. The number of thioether (sulfide) groups is 1. The second kappa shape index (κ2) is 20.7. The molecule has 0 bridgehead atoms. The Morgan fingerprint density at radius 2 is 1.36 bits per heavy atom. The monoisotopic (exact) mass is 444 g/mol. The van der Waals surface area contributed by atoms with Gasteiger partial charge in [0.1, 0.15) is 0 Å². The standard InChI is InChI=1S/C8H9NOS.C6H6ClN.C2H4OS.ClH.K/c1-7(10)11-6-8-2-4-9-5-3-8;7-5-6-1-3-8-4-2-6;1-2(3)4;;/h2-5H,6H2,1H3;1-4H,5H2;1H3,(H,3,4);1H;/q;;;;+1/p-1. The zero-order valence-corrected chi connectivity index (χ0v) is 20.7. The fraction of sp³-hybridized carbons (Fsp3) is 0.250. The molecule has 132 valence electrons. The Kier molecular flexibility index (Phi) is 25.0. The van der Waals surface area contributed by atoms with Gasteiger partial charge >= 0.3 is 51.4 Å². The number of pyridine rings is 2. The molecule has 2 aromatic rings. The average Bonchev–Trinajstić information content (AvgIpc) is 2.55. The molecule has 0 saturated carbocycles. The largest absolute Gasteiger partial charge is 1.00 e. The van der Waals surface area contributed by atoms with E-state index < -0.39 is 0 Å². The molecule has 0 N–H and O–H groups in total. The van der Waals surface area contributed by atoms with Crippen molar-refractivity contribution in [3.8, 4) is 0 Å². The van der Waals surface area contributed by atoms with Gasteiger partial charge in [-0.1, -0.05) is 11.8 Å². The Balaban J connectivity index is -0.000000308. The van der Waals surface area contributed by atoms with Crippen LogP contribution in [0.2, 0.25) is 0 Å². The third-order valence-corrected chi connectivity index (χ3v) is 3.29. The Labute approximate surface area is 212 Å². The molecule has 25 heavy (non-hydrogen) atoms. The molecule has 0 aliphatic heterocycles. The second-order valence-electron chi connectivity index (χ2n) is 4.12. The molecule has 0 unspecified atom stereocenters. The van der Waals surface area contributed by atoms with Crippen LogP contribution in [-0.2, 0) is 33.9 Å². The van der Waals surface area contributed by atoms with E-state index >= 15 is 0 Å². The molecule has 0 radical (unpaired) electrons. The van der Waals surface area contributed by atoms with Crippen LogP contribution in [0.3, 0.4) is 0 Å². The SMILES string of the molecule is CC(=O)SCc1ccncc1.CC(=O)[S-].Cl.ClCc1ccncc1.[K+]. The van der Waals surface area contributed by atoms with Gasteiger partial charge in [0, 0.05) is 48.5 Å². The zero-order valence-electron chi connectivity index (χ0n) is 14.3. The maximum Gasteiger partial charge on any atom is 1.00 e. The molecule has 9 heteroatoms. The first-order chi connectivity index (χ1) is 11.0. The average molecular weight is 445 g/mol. The van der Waals surface area contributed by atoms with Gasteiger partial charge in [0.15, 0.2) is 5.12 Å². The number of carbonyl (C=O) groups is 2. The van der Waals surface area contributed by atoms with E-state index in [1.807, 2.05) is 24.3 Å². The van der Waals surface area contributed by atoms with Crippen molar-refractivity contribution >= 4 is 58.6 Å². The molecule has 0 atom stereocenters. The van der Waals surface area contributed by atoms with E-state index in [-0.39, 0.29) is 74.0 Å². The molecule has 0 fully saturated rings. The number of rotatable bonds is 3. The van der Waals surface area contributed by atoms with Crippen molar-refractivity contribution in [2.45, 2.75) is 25.5 Å². The van der Waals surface area contributed by atoms with Crippen molar-refractivity contribution in [2.75, 3.05) is 0 Å². The number of hydrogen-bond donors (Lipinski definition) is 0. The van der Waals surface area contributed by atoms with E-state index in [4.69, 9.17) is 11.6 Å². The molecule has 0 aliphatic carbocycles. The summed E-state index contributed by atoms with van der Waals surface area (Å²) in [6.45, 7) is 2.92. The van der Waals surface area contributed by atoms with E-state index in [2.05, 4.69) is 22.6 Å². The van der Waals surface area contributed by atoms with Gasteiger partial charge < -0.3 is 17.4 Å². The van der Waals surface area contributed by atoms with Crippen LogP contribution in [0.15, 0.2) is 49.1 Å². The summed E-state index contributed by atoms with van der Waals surface area (Å²) >= 11 is 10.8. The van der Waals surface area contributed by atoms with Crippen molar-refractivity contribution in [3.63, 3.8) is 0 Å². The Morgan fingerprint density at radius 1 is 1.00 bits per heavy atom. The summed E-state index contributed by atoms with van der Waals surface area (Å²) < 4.78 is 0. The Hall–Kier alpha value is 0.426. The van der Waals surface area contributed by atoms with Crippen molar-refractivity contribution in [1.82, 2.24) is 9.97 Å². The minimum Gasteiger partial charge on any atom is -0.742 e. The van der Waals surface area contributed by atoms with Gasteiger partial charge in [-0.2, -0.15) is 0 Å². The molecule has 2 heterocycles. The van der Waals surface area contributed by atoms with Crippen LogP contribution in [0.5, 0.6) is 0 Å². The molecule has 2 rings (SSSR count). The Bertz CT molecular complexity index is 575. The summed E-state index contributed by atoms with van der Waals surface area (Å²) in [5, 5.41) is -0.0955. The summed E-state index contributed by atoms with van der Waals surface area (Å²) in [6, 6.07) is 7.62. The quantitative estimate of drug-likeness (QED) is 0.402. The van der Waals surface area contributed by atoms with Crippen LogP contribution in [0, 0.1) is 0 Å². The Morgan fingerprint density at radius 3 is 1.64 bits per heavy atom. The van der Waals surface area contributed by atoms with Gasteiger partial charge in [-0.25, -0.2) is 0 Å². The van der Waals surface area contributed by atoms with Crippen molar-refractivity contribution in [2.24, 2.45) is 0 Å². The van der Waals surface area contributed by atoms with Crippen LogP contribution in [-0.4, -0.2) is 20.2 Å². The van der Waals surface area contributed by atoms with Crippen LogP contribution in [0.4, 0.5) is 0 Å². The normalized spacial score (nSPS) is 8.12. The molecule has 0 saturated heterocycles. The van der Waals surface area contributed by atoms with Crippen molar-refractivity contribution < 1.29 is 61.0 Å². The van der Waals surface area contributed by atoms with Gasteiger partial charge in [-0.3, -0.25) is 14.8 Å². The van der Waals surface area contributed by atoms with Gasteiger partial charge in [0.05, 0.1) is 0 Å². The fourth-order valence-electron chi connectivity index (χ4n) is 1.14. The van der Waals surface area contributed by atoms with E-state index in [1.165, 1.54) is 18.7 Å². The van der Waals surface area contributed by atoms with Crippen LogP contribution < -0.4 is 51.4 Å². The third-order valence-electron chi connectivity index (χ3n) is 2.10. The zero-order chi connectivity index (χ0) is 17.5. The van der Waals surface area contributed by atoms with Gasteiger partial charge in [0.2, 0.25) is 0 Å². The van der Waals surface area contributed by atoms with E-state index in [9.17, 15) is 9.59 Å². The number of halogens is 2. The summed E-state index contributed by atoms with van der Waals surface area (Å²) in [7, 11) is 0. The molecular weight excluding hydrogens is 426 g/mol. The van der Waals surface area contributed by atoms with Gasteiger partial charge in [-0.05, 0) is 42.3 Å². The molecule has 0 amide bonds. The topological polar surface area (TPSA) is 59.9 Å². The number of aromatic nitrogens is 2. The molecule has 2 aromatic heterocycles. The van der Waals surface area contributed by atoms with Crippen LogP contribution in [0.1, 0.15) is 25.0 Å². The molecule has 0 aromatic carbocycles. The third kappa shape index (κ3) is 22.4. The summed E-state index contributed by atoms with van der Waals surface area (Å²) in [5.74, 6) is 1.32. The van der Waals surface area contributed by atoms with Crippen molar-refractivity contribution in [1.29, 1.82) is 0 Å². The molecule has 0 spiro atoms. The summed E-state index contributed by atoms with van der Waals surface area (Å²) in [5.41, 5.74) is 2.25. The number of hydrogen-bond acceptors (Lipinski definition) is 6. The molecule has 0 aliphatic rings. The molecular formula is C16H19Cl2KN2O2S2. The minimum absolute atomic E-state index is 0. The van der Waals surface area contributed by atoms with Crippen LogP contribution >= 0.6 is 35.8 Å². The van der Waals surface area contributed by atoms with Crippen LogP contribution in [0.25, 0.3) is 0 Å². The summed E-state index contributed by atoms with van der Waals surface area (Å²) in [6.07, 6.45) is 6.93. The van der Waals surface area contributed by atoms with Gasteiger partial charge in [-0.15, -0.1) is 24.0 Å². The smallest absolute Gasteiger partial charge is 0.742 e. The maximum atomic E-state index is 10.6. The second-order valence-corrected chi connectivity index (χ2v) is 6.11. The molecule has 4 nitrogen and oxygen atoms in total. The van der Waals surface area contributed by atoms with Crippen molar-refractivity contribution in [3.05, 3.63) is 60.2 Å². The first-order valence-electron chi connectivity index (χ1n) is 6.60. The predicted molar refractivity (Wildman–Crippen MR) is 105 cm³/mol. The van der Waals surface area contributed by atoms with Gasteiger partial charge in [0.25, 0.3) is 0 Å². The van der Waals surface area contributed by atoms with E-state index in [0.717, 1.165) is 16.9 Å². The fourth-order valence-corrected chi connectivity index (χ4v) is 1.88. The van der Waals surface area contributed by atoms with E-state index in [1.54, 1.807) is 31.7 Å². The first kappa shape index (κ1) is 30.2. The predicted octanol–water partition coefficient (Wildman–Crippen LogP) is 1.19. The number of alkyl halides is 1. The summed E-state index contributed by atoms with van der Waals surface area (Å²) in [4.78, 5) is 27.5. The number of nitrogens with zero attached hydrogens (tertiary/aromatic N) is 2. The van der Waals surface area contributed by atoms with E-state index in [0.29, 0.717) is 5.88 Å². The maximum absolute atomic E-state index is 10.6. The first-order valence-corrected chi connectivity index (χ1v) is 8.53. The minimum atomic E-state index is -0.250.